The topological polar surface area (TPSA) is 175 Å². The van der Waals surface area contributed by atoms with Crippen molar-refractivity contribution in [3.8, 4) is 5.69 Å². The molecule has 0 bridgehead atoms. The molecule has 10 rings (SSSR count). The molecule has 0 saturated carbocycles. The molecule has 3 aromatic carbocycles. The second-order valence-corrected chi connectivity index (χ2v) is 21.5. The van der Waals surface area contributed by atoms with E-state index < -0.39 is 20.9 Å². The number of ether oxygens (including phenoxy) is 1. The standard InChI is InChI=1S/C50H57ClN10O6S/c1-50(2)15-11-36(43(30-50)34-3-6-38(51)7-4-34)32-56-19-23-59(24-20-56)40-8-10-42(46(28-40)60-47-27-35-12-16-52-48(35)54-44(47)31-53-60)49(62)55-68(65,66)41-9-5-37(45(29-41)61(63)64)33-57-17-21-58(22-18-57)39-13-25-67-26-14-39/h3-10,12,16,27-29,31,39H,11,13-15,17-26,30,32-33H2,1-2H3,(H,52,54)(H,55,62). The van der Waals surface area contributed by atoms with Crippen molar-refractivity contribution in [3.05, 3.63) is 123 Å². The van der Waals surface area contributed by atoms with Crippen LogP contribution in [-0.2, 0) is 21.3 Å². The predicted molar refractivity (Wildman–Crippen MR) is 264 cm³/mol. The van der Waals surface area contributed by atoms with E-state index in [9.17, 15) is 23.3 Å². The maximum Gasteiger partial charge on any atom is 0.275 e. The molecule has 3 aliphatic heterocycles. The van der Waals surface area contributed by atoms with Crippen LogP contribution in [0.25, 0.3) is 33.3 Å². The van der Waals surface area contributed by atoms with Crippen LogP contribution in [0.5, 0.6) is 0 Å². The average molecular weight is 962 g/mol. The molecule has 16 nitrogen and oxygen atoms in total. The van der Waals surface area contributed by atoms with Gasteiger partial charge in [0.1, 0.15) is 11.2 Å². The number of aromatic amines is 1. The van der Waals surface area contributed by atoms with Crippen molar-refractivity contribution in [2.45, 2.75) is 63.4 Å². The number of amides is 1. The van der Waals surface area contributed by atoms with E-state index in [2.05, 4.69) is 60.4 Å². The number of rotatable bonds is 12. The highest BCUT2D eigenvalue weighted by Gasteiger charge is 2.32. The Morgan fingerprint density at radius 2 is 1.66 bits per heavy atom. The summed E-state index contributed by atoms with van der Waals surface area (Å²) in [5, 5.41) is 18.7. The van der Waals surface area contributed by atoms with E-state index in [1.807, 2.05) is 36.4 Å². The van der Waals surface area contributed by atoms with Gasteiger partial charge in [-0.2, -0.15) is 5.10 Å². The lowest BCUT2D eigenvalue weighted by molar-refractivity contribution is -0.386. The van der Waals surface area contributed by atoms with Crippen LogP contribution >= 0.6 is 11.6 Å². The van der Waals surface area contributed by atoms with E-state index in [0.717, 1.165) is 126 Å². The highest BCUT2D eigenvalue weighted by molar-refractivity contribution is 7.90. The lowest BCUT2D eigenvalue weighted by atomic mass is 9.72. The lowest BCUT2D eigenvalue weighted by Crippen LogP contribution is -2.51. The molecule has 3 saturated heterocycles. The quantitative estimate of drug-likeness (QED) is 0.0907. The molecule has 68 heavy (non-hydrogen) atoms. The van der Waals surface area contributed by atoms with Crippen molar-refractivity contribution in [2.24, 2.45) is 5.41 Å². The molecule has 0 spiro atoms. The van der Waals surface area contributed by atoms with Gasteiger partial charge in [0.2, 0.25) is 0 Å². The normalized spacial score (nSPS) is 19.2. The van der Waals surface area contributed by atoms with Gasteiger partial charge in [-0.15, -0.1) is 0 Å². The number of carbonyl (C=O) groups excluding carboxylic acids is 1. The molecule has 18 heteroatoms. The third-order valence-corrected chi connectivity index (χ3v) is 15.9. The summed E-state index contributed by atoms with van der Waals surface area (Å²) < 4.78 is 37.4. The van der Waals surface area contributed by atoms with Gasteiger partial charge in [-0.25, -0.2) is 22.8 Å². The van der Waals surface area contributed by atoms with Crippen LogP contribution in [-0.4, -0.2) is 132 Å². The number of fused-ring (bicyclic) bond motifs is 2. The first-order chi connectivity index (χ1) is 32.8. The summed E-state index contributed by atoms with van der Waals surface area (Å²) >= 11 is 6.27. The number of carbonyl (C=O) groups is 1. The van der Waals surface area contributed by atoms with Crippen molar-refractivity contribution in [2.75, 3.05) is 77.0 Å². The van der Waals surface area contributed by atoms with E-state index >= 15 is 0 Å². The van der Waals surface area contributed by atoms with Crippen molar-refractivity contribution in [3.63, 3.8) is 0 Å². The van der Waals surface area contributed by atoms with Gasteiger partial charge in [0.25, 0.3) is 21.6 Å². The molecule has 6 aromatic rings. The number of H-pyrrole nitrogens is 1. The van der Waals surface area contributed by atoms with Crippen molar-refractivity contribution >= 4 is 66.5 Å². The maximum absolute atomic E-state index is 14.3. The number of pyridine rings is 1. The number of nitro benzene ring substituents is 1. The minimum absolute atomic E-state index is 0.0584. The van der Waals surface area contributed by atoms with E-state index in [4.69, 9.17) is 21.3 Å². The van der Waals surface area contributed by atoms with Crippen LogP contribution in [0.3, 0.4) is 0 Å². The zero-order valence-electron chi connectivity index (χ0n) is 38.5. The van der Waals surface area contributed by atoms with Crippen molar-refractivity contribution in [1.82, 2.24) is 39.2 Å². The van der Waals surface area contributed by atoms with Gasteiger partial charge < -0.3 is 14.6 Å². The zero-order chi connectivity index (χ0) is 47.2. The second kappa shape index (κ2) is 19.0. The molecule has 1 amide bonds. The summed E-state index contributed by atoms with van der Waals surface area (Å²) in [6.07, 6.45) is 8.63. The molecule has 356 valence electrons. The van der Waals surface area contributed by atoms with Crippen molar-refractivity contribution < 1.29 is 22.9 Å². The Balaban J connectivity index is 0.884. The fourth-order valence-electron chi connectivity index (χ4n) is 10.4. The molecule has 2 N–H and O–H groups in total. The number of nitrogens with one attached hydrogen (secondary N) is 2. The molecular weight excluding hydrogens is 904 g/mol. The molecule has 3 fully saturated rings. The summed E-state index contributed by atoms with van der Waals surface area (Å²) in [5.74, 6) is -0.898. The van der Waals surface area contributed by atoms with E-state index in [1.165, 1.54) is 28.8 Å². The van der Waals surface area contributed by atoms with Crippen LogP contribution in [0.15, 0.2) is 95.7 Å². The summed E-state index contributed by atoms with van der Waals surface area (Å²) in [6.45, 7) is 13.7. The smallest absolute Gasteiger partial charge is 0.275 e. The Hall–Kier alpha value is -5.69. The first-order valence-electron chi connectivity index (χ1n) is 23.6. The van der Waals surface area contributed by atoms with Gasteiger partial charge in [0.15, 0.2) is 0 Å². The number of piperazine rings is 2. The van der Waals surface area contributed by atoms with Crippen LogP contribution in [0, 0.1) is 15.5 Å². The van der Waals surface area contributed by atoms with Crippen LogP contribution in [0.1, 0.15) is 67.4 Å². The number of benzene rings is 3. The van der Waals surface area contributed by atoms with Gasteiger partial charge in [0.05, 0.1) is 32.8 Å². The lowest BCUT2D eigenvalue weighted by Gasteiger charge is -2.40. The summed E-state index contributed by atoms with van der Waals surface area (Å²) in [7, 11) is -4.57. The fourth-order valence-corrected chi connectivity index (χ4v) is 11.5. The second-order valence-electron chi connectivity index (χ2n) is 19.4. The zero-order valence-corrected chi connectivity index (χ0v) is 40.1. The number of hydrogen-bond donors (Lipinski definition) is 2. The summed E-state index contributed by atoms with van der Waals surface area (Å²) in [4.78, 5) is 43.1. The molecule has 0 radical (unpaired) electrons. The van der Waals surface area contributed by atoms with E-state index in [0.29, 0.717) is 40.5 Å². The Kier molecular flexibility index (Phi) is 12.9. The minimum atomic E-state index is -4.57. The minimum Gasteiger partial charge on any atom is -0.381 e. The molecule has 1 aliphatic carbocycles. The Labute approximate surface area is 401 Å². The van der Waals surface area contributed by atoms with Crippen LogP contribution in [0.2, 0.25) is 5.02 Å². The number of sulfonamides is 1. The molecule has 0 unspecified atom stereocenters. The monoisotopic (exact) mass is 960 g/mol. The summed E-state index contributed by atoms with van der Waals surface area (Å²) in [6, 6.07) is 21.7. The first kappa shape index (κ1) is 46.1. The molecule has 3 aromatic heterocycles. The number of nitrogens with zero attached hydrogens (tertiary/aromatic N) is 8. The molecule has 4 aliphatic rings. The van der Waals surface area contributed by atoms with E-state index in [-0.39, 0.29) is 21.6 Å². The number of hydrogen-bond acceptors (Lipinski definition) is 12. The van der Waals surface area contributed by atoms with Crippen molar-refractivity contribution in [1.29, 1.82) is 0 Å². The summed E-state index contributed by atoms with van der Waals surface area (Å²) in [5.41, 5.74) is 7.63. The first-order valence-corrected chi connectivity index (χ1v) is 25.4. The third kappa shape index (κ3) is 9.78. The number of anilines is 1. The van der Waals surface area contributed by atoms with Crippen LogP contribution < -0.4 is 9.62 Å². The van der Waals surface area contributed by atoms with Gasteiger partial charge in [-0.05, 0) is 103 Å². The number of halogens is 1. The number of aromatic nitrogens is 4. The highest BCUT2D eigenvalue weighted by Crippen LogP contribution is 2.43. The number of nitro groups is 1. The van der Waals surface area contributed by atoms with Gasteiger partial charge in [-0.1, -0.05) is 43.2 Å². The molecule has 0 atom stereocenters. The molecule has 6 heterocycles. The van der Waals surface area contributed by atoms with Gasteiger partial charge in [0, 0.05) is 119 Å². The van der Waals surface area contributed by atoms with E-state index in [1.54, 1.807) is 23.1 Å². The number of allylic oxidation sites excluding steroid dienone is 1. The largest absolute Gasteiger partial charge is 0.381 e. The Bertz CT molecular complexity index is 3000. The molecular formula is C50H57ClN10O6S. The third-order valence-electron chi connectivity index (χ3n) is 14.4. The maximum atomic E-state index is 14.3. The SMILES string of the molecule is CC1(C)CCC(CN2CCN(c3ccc(C(=O)NS(=O)(=O)c4ccc(CN5CCN(C6CCOCC6)CC5)c([N+](=O)[O-])c4)c(-n4ncc5nc6[nH]ccc6cc54)c3)CC2)=C(c2ccc(Cl)cc2)C1. The highest BCUT2D eigenvalue weighted by atomic mass is 35.5. The average Bonchev–Trinajstić information content (AvgIpc) is 3.98. The Morgan fingerprint density at radius 3 is 2.41 bits per heavy atom. The van der Waals surface area contributed by atoms with Gasteiger partial charge >= 0.3 is 0 Å². The fraction of sp³-hybridized carbons (Fsp3) is 0.420. The van der Waals surface area contributed by atoms with Gasteiger partial charge in [-0.3, -0.25) is 29.6 Å². The Morgan fingerprint density at radius 1 is 0.926 bits per heavy atom. The van der Waals surface area contributed by atoms with Crippen LogP contribution in [0.4, 0.5) is 11.4 Å². The predicted octanol–water partition coefficient (Wildman–Crippen LogP) is 7.66.